The number of anilines is 3. The van der Waals surface area contributed by atoms with E-state index in [1.165, 1.54) is 11.1 Å². The molecule has 26 heavy (non-hydrogen) atoms. The number of aromatic nitrogens is 2. The molecule has 0 fully saturated rings. The van der Waals surface area contributed by atoms with Crippen molar-refractivity contribution in [2.45, 2.75) is 46.1 Å². The van der Waals surface area contributed by atoms with Crippen LogP contribution in [0.25, 0.3) is 0 Å². The first-order valence-electron chi connectivity index (χ1n) is 9.03. The second-order valence-corrected chi connectivity index (χ2v) is 6.94. The van der Waals surface area contributed by atoms with Crippen molar-refractivity contribution >= 4 is 17.5 Å². The van der Waals surface area contributed by atoms with Gasteiger partial charge >= 0.3 is 0 Å². The molecular formula is C21H26N4O. The van der Waals surface area contributed by atoms with Gasteiger partial charge in [-0.15, -0.1) is 0 Å². The summed E-state index contributed by atoms with van der Waals surface area (Å²) in [7, 11) is 0. The van der Waals surface area contributed by atoms with Crippen LogP contribution in [0, 0.1) is 0 Å². The maximum atomic E-state index is 5.33. The average Bonchev–Trinajstić information content (AvgIpc) is 3.13. The SMILES string of the molecule is CC(C)c1cccc(C(C)C)c1Nc1ccnc(NCc2ccco2)n1. The zero-order chi connectivity index (χ0) is 18.5. The van der Waals surface area contributed by atoms with Crippen LogP contribution in [0.15, 0.2) is 53.3 Å². The summed E-state index contributed by atoms with van der Waals surface area (Å²) in [6, 6.07) is 12.2. The Kier molecular flexibility index (Phi) is 5.56. The predicted molar refractivity (Wildman–Crippen MR) is 106 cm³/mol. The quantitative estimate of drug-likeness (QED) is 0.574. The topological polar surface area (TPSA) is 63.0 Å². The number of nitrogens with one attached hydrogen (secondary N) is 2. The summed E-state index contributed by atoms with van der Waals surface area (Å²) in [5.74, 6) is 3.04. The van der Waals surface area contributed by atoms with Gasteiger partial charge in [0.25, 0.3) is 0 Å². The summed E-state index contributed by atoms with van der Waals surface area (Å²) in [4.78, 5) is 8.89. The minimum absolute atomic E-state index is 0.426. The molecule has 0 aliphatic rings. The van der Waals surface area contributed by atoms with Crippen LogP contribution in [-0.2, 0) is 6.54 Å². The Hall–Kier alpha value is -2.82. The van der Waals surface area contributed by atoms with Gasteiger partial charge in [0.15, 0.2) is 0 Å². The number of nitrogens with zero attached hydrogens (tertiary/aromatic N) is 2. The highest BCUT2D eigenvalue weighted by atomic mass is 16.3. The van der Waals surface area contributed by atoms with E-state index in [0.29, 0.717) is 24.3 Å². The Balaban J connectivity index is 1.83. The second kappa shape index (κ2) is 8.04. The molecule has 0 bridgehead atoms. The van der Waals surface area contributed by atoms with E-state index in [1.54, 1.807) is 12.5 Å². The van der Waals surface area contributed by atoms with Crippen LogP contribution in [0.4, 0.5) is 17.5 Å². The lowest BCUT2D eigenvalue weighted by Crippen LogP contribution is -2.07. The van der Waals surface area contributed by atoms with E-state index in [4.69, 9.17) is 4.42 Å². The average molecular weight is 350 g/mol. The molecule has 136 valence electrons. The van der Waals surface area contributed by atoms with Crippen LogP contribution in [0.2, 0.25) is 0 Å². The molecule has 3 aromatic rings. The van der Waals surface area contributed by atoms with Gasteiger partial charge in [-0.1, -0.05) is 45.9 Å². The molecule has 1 aromatic carbocycles. The summed E-state index contributed by atoms with van der Waals surface area (Å²) < 4.78 is 5.33. The van der Waals surface area contributed by atoms with Gasteiger partial charge in [0.05, 0.1) is 12.8 Å². The summed E-state index contributed by atoms with van der Waals surface area (Å²) in [5, 5.41) is 6.71. The first-order chi connectivity index (χ1) is 12.5. The maximum Gasteiger partial charge on any atom is 0.224 e. The van der Waals surface area contributed by atoms with E-state index in [9.17, 15) is 0 Å². The summed E-state index contributed by atoms with van der Waals surface area (Å²) >= 11 is 0. The summed E-state index contributed by atoms with van der Waals surface area (Å²) in [6.45, 7) is 9.39. The van der Waals surface area contributed by atoms with Crippen LogP contribution in [0.3, 0.4) is 0 Å². The van der Waals surface area contributed by atoms with E-state index >= 15 is 0 Å². The summed E-state index contributed by atoms with van der Waals surface area (Å²) in [6.07, 6.45) is 3.42. The van der Waals surface area contributed by atoms with E-state index in [1.807, 2.05) is 18.2 Å². The van der Waals surface area contributed by atoms with Gasteiger partial charge < -0.3 is 15.1 Å². The molecule has 2 aromatic heterocycles. The van der Waals surface area contributed by atoms with Crippen molar-refractivity contribution in [3.63, 3.8) is 0 Å². The Morgan fingerprint density at radius 2 is 1.69 bits per heavy atom. The van der Waals surface area contributed by atoms with Crippen molar-refractivity contribution in [1.29, 1.82) is 0 Å². The van der Waals surface area contributed by atoms with Gasteiger partial charge in [-0.3, -0.25) is 0 Å². The fraction of sp³-hybridized carbons (Fsp3) is 0.333. The molecule has 0 unspecified atom stereocenters. The lowest BCUT2D eigenvalue weighted by atomic mass is 9.92. The van der Waals surface area contributed by atoms with Gasteiger partial charge in [-0.2, -0.15) is 4.98 Å². The first kappa shape index (κ1) is 18.0. The van der Waals surface area contributed by atoms with Crippen LogP contribution in [0.5, 0.6) is 0 Å². The lowest BCUT2D eigenvalue weighted by molar-refractivity contribution is 0.517. The maximum absolute atomic E-state index is 5.33. The highest BCUT2D eigenvalue weighted by Crippen LogP contribution is 2.34. The van der Waals surface area contributed by atoms with E-state index in [-0.39, 0.29) is 0 Å². The molecule has 0 aliphatic heterocycles. The normalized spacial score (nSPS) is 11.2. The largest absolute Gasteiger partial charge is 0.467 e. The number of rotatable bonds is 7. The monoisotopic (exact) mass is 350 g/mol. The molecule has 0 radical (unpaired) electrons. The zero-order valence-electron chi connectivity index (χ0n) is 15.8. The number of hydrogen-bond acceptors (Lipinski definition) is 5. The third-order valence-corrected chi connectivity index (χ3v) is 4.28. The third-order valence-electron chi connectivity index (χ3n) is 4.28. The zero-order valence-corrected chi connectivity index (χ0v) is 15.8. The van der Waals surface area contributed by atoms with Crippen molar-refractivity contribution < 1.29 is 4.42 Å². The molecule has 2 heterocycles. The Labute approximate surface area is 154 Å². The molecule has 0 amide bonds. The van der Waals surface area contributed by atoms with Gasteiger partial charge in [0, 0.05) is 11.9 Å². The molecule has 3 rings (SSSR count). The number of furan rings is 1. The highest BCUT2D eigenvalue weighted by molar-refractivity contribution is 5.67. The number of benzene rings is 1. The van der Waals surface area contributed by atoms with Crippen molar-refractivity contribution in [3.05, 3.63) is 65.7 Å². The van der Waals surface area contributed by atoms with Crippen LogP contribution in [-0.4, -0.2) is 9.97 Å². The predicted octanol–water partition coefficient (Wildman–Crippen LogP) is 5.67. The smallest absolute Gasteiger partial charge is 0.224 e. The number of hydrogen-bond donors (Lipinski definition) is 2. The molecule has 0 saturated carbocycles. The molecule has 2 N–H and O–H groups in total. The molecule has 0 atom stereocenters. The van der Waals surface area contributed by atoms with Gasteiger partial charge in [-0.05, 0) is 41.2 Å². The van der Waals surface area contributed by atoms with Crippen LogP contribution in [0.1, 0.15) is 56.4 Å². The molecule has 0 aliphatic carbocycles. The van der Waals surface area contributed by atoms with Crippen molar-refractivity contribution in [3.8, 4) is 0 Å². The fourth-order valence-corrected chi connectivity index (χ4v) is 2.92. The van der Waals surface area contributed by atoms with Crippen molar-refractivity contribution in [2.24, 2.45) is 0 Å². The second-order valence-electron chi connectivity index (χ2n) is 6.94. The van der Waals surface area contributed by atoms with Crippen LogP contribution < -0.4 is 10.6 Å². The van der Waals surface area contributed by atoms with Gasteiger partial charge in [0.1, 0.15) is 11.6 Å². The van der Waals surface area contributed by atoms with Crippen molar-refractivity contribution in [2.75, 3.05) is 10.6 Å². The first-order valence-corrected chi connectivity index (χ1v) is 9.03. The minimum atomic E-state index is 0.426. The van der Waals surface area contributed by atoms with Gasteiger partial charge in [-0.25, -0.2) is 4.98 Å². The highest BCUT2D eigenvalue weighted by Gasteiger charge is 2.14. The minimum Gasteiger partial charge on any atom is -0.467 e. The van der Waals surface area contributed by atoms with Crippen molar-refractivity contribution in [1.82, 2.24) is 9.97 Å². The standard InChI is InChI=1S/C21H26N4O/c1-14(2)17-8-5-9-18(15(3)4)20(17)24-19-10-11-22-21(25-19)23-13-16-7-6-12-26-16/h5-12,14-15H,13H2,1-4H3,(H2,22,23,24,25). The Morgan fingerprint density at radius 3 is 2.31 bits per heavy atom. The molecule has 0 spiro atoms. The molecule has 0 saturated heterocycles. The Bertz CT molecular complexity index is 815. The molecule has 5 nitrogen and oxygen atoms in total. The van der Waals surface area contributed by atoms with E-state index in [0.717, 1.165) is 17.3 Å². The summed E-state index contributed by atoms with van der Waals surface area (Å²) in [5.41, 5.74) is 3.73. The Morgan fingerprint density at radius 1 is 0.962 bits per heavy atom. The third kappa shape index (κ3) is 4.23. The van der Waals surface area contributed by atoms with Gasteiger partial charge in [0.2, 0.25) is 5.95 Å². The number of para-hydroxylation sites is 1. The molecule has 5 heteroatoms. The lowest BCUT2D eigenvalue weighted by Gasteiger charge is -2.20. The fourth-order valence-electron chi connectivity index (χ4n) is 2.92. The van der Waals surface area contributed by atoms with E-state index in [2.05, 4.69) is 66.5 Å². The van der Waals surface area contributed by atoms with E-state index < -0.39 is 0 Å². The van der Waals surface area contributed by atoms with Crippen LogP contribution >= 0.6 is 0 Å². The molecular weight excluding hydrogens is 324 g/mol.